The van der Waals surface area contributed by atoms with Crippen LogP contribution >= 0.6 is 0 Å². The van der Waals surface area contributed by atoms with Gasteiger partial charge in [-0.3, -0.25) is 4.98 Å². The molecule has 0 unspecified atom stereocenters. The second kappa shape index (κ2) is 7.34. The summed E-state index contributed by atoms with van der Waals surface area (Å²) in [5, 5.41) is 1.27. The van der Waals surface area contributed by atoms with Gasteiger partial charge in [-0.1, -0.05) is 17.7 Å². The number of hydrogen-bond donors (Lipinski definition) is 0. The summed E-state index contributed by atoms with van der Waals surface area (Å²) >= 11 is 0. The maximum Gasteiger partial charge on any atom is 0.433 e. The number of likely N-dealkylation sites (N-methyl/N-ethyl adjacent to an activating group) is 1. The number of fused-ring (bicyclic) bond motifs is 3. The highest BCUT2D eigenvalue weighted by Gasteiger charge is 2.32. The van der Waals surface area contributed by atoms with Gasteiger partial charge < -0.3 is 9.47 Å². The average Bonchev–Trinajstić information content (AvgIpc) is 2.81. The molecule has 3 nitrogen and oxygen atoms in total. The second-order valence-electron chi connectivity index (χ2n) is 7.86. The molecule has 0 bridgehead atoms. The Hall–Kier alpha value is -2.60. The van der Waals surface area contributed by atoms with Gasteiger partial charge in [0.15, 0.2) is 0 Å². The fourth-order valence-corrected chi connectivity index (χ4v) is 4.02. The number of alkyl halides is 3. The van der Waals surface area contributed by atoms with Crippen molar-refractivity contribution in [2.45, 2.75) is 32.9 Å². The van der Waals surface area contributed by atoms with Crippen LogP contribution in [0.1, 0.15) is 35.0 Å². The van der Waals surface area contributed by atoms with Gasteiger partial charge in [-0.2, -0.15) is 13.2 Å². The van der Waals surface area contributed by atoms with E-state index in [1.807, 2.05) is 13.1 Å². The molecule has 0 N–H and O–H groups in total. The van der Waals surface area contributed by atoms with E-state index in [0.29, 0.717) is 5.56 Å². The molecule has 0 saturated heterocycles. The number of rotatable bonds is 2. The van der Waals surface area contributed by atoms with Crippen LogP contribution in [0.4, 0.5) is 13.2 Å². The highest BCUT2D eigenvalue weighted by molar-refractivity contribution is 5.90. The summed E-state index contributed by atoms with van der Waals surface area (Å²) in [6.07, 6.45) is 0.846. The number of hydrogen-bond acceptors (Lipinski definition) is 2. The number of halogens is 3. The standard InChI is InChI=1S/C23H24F3N3/c1-15-4-6-20-19(12-15)18-8-10-28(3)11-9-21(18)29(20)14-16(2)17-5-7-22(27-13-17)23(24,25)26/h4-7,12-14H,8-11H2,1-3H3. The molecule has 1 aliphatic rings. The lowest BCUT2D eigenvalue weighted by atomic mass is 10.1. The molecule has 0 saturated carbocycles. The van der Waals surface area contributed by atoms with Crippen LogP contribution < -0.4 is 0 Å². The van der Waals surface area contributed by atoms with Crippen molar-refractivity contribution in [3.8, 4) is 0 Å². The molecule has 152 valence electrons. The SMILES string of the molecule is CC(=Cn1c2c(c3cc(C)ccc31)CCN(C)CC2)c1ccc(C(F)(F)F)nc1. The van der Waals surface area contributed by atoms with Crippen LogP contribution in [0, 0.1) is 6.92 Å². The molecule has 6 heteroatoms. The van der Waals surface area contributed by atoms with Crippen LogP contribution in [0.15, 0.2) is 36.5 Å². The van der Waals surface area contributed by atoms with Crippen LogP contribution in [-0.2, 0) is 19.0 Å². The summed E-state index contributed by atoms with van der Waals surface area (Å²) in [7, 11) is 2.14. The van der Waals surface area contributed by atoms with E-state index in [1.165, 1.54) is 34.5 Å². The molecule has 0 aliphatic carbocycles. The maximum absolute atomic E-state index is 12.8. The minimum atomic E-state index is -4.42. The molecule has 2 aromatic heterocycles. The van der Waals surface area contributed by atoms with E-state index in [9.17, 15) is 13.2 Å². The Morgan fingerprint density at radius 1 is 1.10 bits per heavy atom. The van der Waals surface area contributed by atoms with Crippen LogP contribution in [0.2, 0.25) is 0 Å². The summed E-state index contributed by atoms with van der Waals surface area (Å²) in [4.78, 5) is 5.94. The zero-order valence-corrected chi connectivity index (χ0v) is 16.8. The fraction of sp³-hybridized carbons (Fsp3) is 0.348. The van der Waals surface area contributed by atoms with Gasteiger partial charge in [-0.25, -0.2) is 0 Å². The van der Waals surface area contributed by atoms with Gasteiger partial charge in [0, 0.05) is 43.0 Å². The first-order chi connectivity index (χ1) is 13.7. The molecular formula is C23H24F3N3. The predicted octanol–water partition coefficient (Wildman–Crippen LogP) is 5.41. The lowest BCUT2D eigenvalue weighted by Crippen LogP contribution is -2.21. The van der Waals surface area contributed by atoms with Gasteiger partial charge in [-0.05, 0) is 62.2 Å². The molecule has 0 spiro atoms. The van der Waals surface area contributed by atoms with E-state index >= 15 is 0 Å². The smallest absolute Gasteiger partial charge is 0.320 e. The van der Waals surface area contributed by atoms with Crippen molar-refractivity contribution in [3.63, 3.8) is 0 Å². The number of pyridine rings is 1. The molecule has 1 aromatic carbocycles. The van der Waals surface area contributed by atoms with Gasteiger partial charge in [0.25, 0.3) is 0 Å². The minimum Gasteiger partial charge on any atom is -0.320 e. The minimum absolute atomic E-state index is 0.687. The topological polar surface area (TPSA) is 21.1 Å². The van der Waals surface area contributed by atoms with Crippen LogP contribution in [0.5, 0.6) is 0 Å². The van der Waals surface area contributed by atoms with E-state index in [1.54, 1.807) is 0 Å². The third-order valence-electron chi connectivity index (χ3n) is 5.68. The summed E-state index contributed by atoms with van der Waals surface area (Å²) in [5.74, 6) is 0. The van der Waals surface area contributed by atoms with Crippen molar-refractivity contribution in [3.05, 3.63) is 64.6 Å². The summed E-state index contributed by atoms with van der Waals surface area (Å²) in [6.45, 7) is 6.02. The lowest BCUT2D eigenvalue weighted by Gasteiger charge is -2.13. The largest absolute Gasteiger partial charge is 0.433 e. The van der Waals surface area contributed by atoms with Crippen molar-refractivity contribution in [2.75, 3.05) is 20.1 Å². The van der Waals surface area contributed by atoms with Crippen LogP contribution in [0.3, 0.4) is 0 Å². The molecule has 1 aliphatic heterocycles. The molecule has 3 aromatic rings. The first-order valence-electron chi connectivity index (χ1n) is 9.77. The number of benzene rings is 1. The molecule has 0 amide bonds. The normalized spacial score (nSPS) is 16.1. The van der Waals surface area contributed by atoms with Gasteiger partial charge >= 0.3 is 6.18 Å². The van der Waals surface area contributed by atoms with E-state index in [2.05, 4.69) is 46.6 Å². The van der Waals surface area contributed by atoms with Gasteiger partial charge in [0.1, 0.15) is 5.69 Å². The number of nitrogens with zero attached hydrogens (tertiary/aromatic N) is 3. The number of aromatic nitrogens is 2. The first kappa shape index (κ1) is 19.7. The number of aryl methyl sites for hydroxylation is 1. The highest BCUT2D eigenvalue weighted by atomic mass is 19.4. The Balaban J connectivity index is 1.81. The van der Waals surface area contributed by atoms with Crippen LogP contribution in [-0.4, -0.2) is 34.6 Å². The summed E-state index contributed by atoms with van der Waals surface area (Å²) in [5.41, 5.74) is 5.73. The molecule has 4 rings (SSSR count). The van der Waals surface area contributed by atoms with E-state index in [-0.39, 0.29) is 0 Å². The zero-order chi connectivity index (χ0) is 20.8. The third kappa shape index (κ3) is 3.81. The molecule has 0 fully saturated rings. The highest BCUT2D eigenvalue weighted by Crippen LogP contribution is 2.32. The van der Waals surface area contributed by atoms with Gasteiger partial charge in [0.2, 0.25) is 0 Å². The van der Waals surface area contributed by atoms with E-state index in [4.69, 9.17) is 0 Å². The maximum atomic E-state index is 12.8. The van der Waals surface area contributed by atoms with Crippen molar-refractivity contribution in [1.29, 1.82) is 0 Å². The molecular weight excluding hydrogens is 375 g/mol. The van der Waals surface area contributed by atoms with Crippen molar-refractivity contribution in [1.82, 2.24) is 14.5 Å². The lowest BCUT2D eigenvalue weighted by molar-refractivity contribution is -0.141. The Labute approximate surface area is 168 Å². The Morgan fingerprint density at radius 3 is 2.55 bits per heavy atom. The zero-order valence-electron chi connectivity index (χ0n) is 16.8. The number of allylic oxidation sites excluding steroid dienone is 1. The first-order valence-corrected chi connectivity index (χ1v) is 9.77. The summed E-state index contributed by atoms with van der Waals surface area (Å²) in [6, 6.07) is 9.01. The monoisotopic (exact) mass is 399 g/mol. The average molecular weight is 399 g/mol. The molecule has 3 heterocycles. The van der Waals surface area contributed by atoms with E-state index < -0.39 is 11.9 Å². The summed E-state index contributed by atoms with van der Waals surface area (Å²) < 4.78 is 40.6. The Kier molecular flexibility index (Phi) is 4.99. The quantitative estimate of drug-likeness (QED) is 0.574. The van der Waals surface area contributed by atoms with Crippen LogP contribution in [0.25, 0.3) is 22.7 Å². The Bertz CT molecular complexity index is 1080. The third-order valence-corrected chi connectivity index (χ3v) is 5.68. The molecule has 0 radical (unpaired) electrons. The van der Waals surface area contributed by atoms with Crippen molar-refractivity contribution < 1.29 is 13.2 Å². The molecule has 29 heavy (non-hydrogen) atoms. The molecule has 0 atom stereocenters. The van der Waals surface area contributed by atoms with E-state index in [0.717, 1.165) is 43.1 Å². The predicted molar refractivity (Wildman–Crippen MR) is 111 cm³/mol. The second-order valence-corrected chi connectivity index (χ2v) is 7.86. The fourth-order valence-electron chi connectivity index (χ4n) is 4.02. The Morgan fingerprint density at radius 2 is 1.86 bits per heavy atom. The van der Waals surface area contributed by atoms with Crippen molar-refractivity contribution >= 4 is 22.7 Å². The van der Waals surface area contributed by atoms with Gasteiger partial charge in [0.05, 0.1) is 5.52 Å². The van der Waals surface area contributed by atoms with Gasteiger partial charge in [-0.15, -0.1) is 0 Å². The van der Waals surface area contributed by atoms with Crippen molar-refractivity contribution in [2.24, 2.45) is 0 Å².